The fourth-order valence-corrected chi connectivity index (χ4v) is 2.94. The Kier molecular flexibility index (Phi) is 4.27. The lowest BCUT2D eigenvalue weighted by molar-refractivity contribution is -0.131. The molecule has 8 nitrogen and oxygen atoms in total. The monoisotopic (exact) mass is 355 g/mol. The molecule has 2 heterocycles. The second-order valence-electron chi connectivity index (χ2n) is 6.35. The van der Waals surface area contributed by atoms with Gasteiger partial charge in [0.1, 0.15) is 11.3 Å². The SMILES string of the molecule is COc1ccc([C@@]2(C)NC(=O)N(/N=C\c3c(C)nn(C)c3C)C2=O)cc1. The van der Waals surface area contributed by atoms with E-state index in [1.807, 2.05) is 20.9 Å². The molecular weight excluding hydrogens is 334 g/mol. The van der Waals surface area contributed by atoms with Crippen LogP contribution in [0.4, 0.5) is 4.79 Å². The van der Waals surface area contributed by atoms with Crippen molar-refractivity contribution in [2.75, 3.05) is 7.11 Å². The van der Waals surface area contributed by atoms with Crippen molar-refractivity contribution in [1.82, 2.24) is 20.1 Å². The van der Waals surface area contributed by atoms with Crippen LogP contribution in [0.25, 0.3) is 0 Å². The fraction of sp³-hybridized carbons (Fsp3) is 0.333. The Morgan fingerprint density at radius 1 is 1.23 bits per heavy atom. The Balaban J connectivity index is 1.89. The molecule has 1 N–H and O–H groups in total. The zero-order valence-corrected chi connectivity index (χ0v) is 15.4. The van der Waals surface area contributed by atoms with Crippen molar-refractivity contribution < 1.29 is 14.3 Å². The predicted octanol–water partition coefficient (Wildman–Crippen LogP) is 1.85. The van der Waals surface area contributed by atoms with Crippen LogP contribution >= 0.6 is 0 Å². The maximum absolute atomic E-state index is 12.9. The van der Waals surface area contributed by atoms with Crippen molar-refractivity contribution in [2.24, 2.45) is 12.1 Å². The van der Waals surface area contributed by atoms with Crippen molar-refractivity contribution in [3.8, 4) is 5.75 Å². The van der Waals surface area contributed by atoms with Gasteiger partial charge in [-0.15, -0.1) is 5.01 Å². The lowest BCUT2D eigenvalue weighted by Crippen LogP contribution is -2.40. The normalized spacial score (nSPS) is 20.1. The molecule has 1 aliphatic heterocycles. The number of ether oxygens (including phenoxy) is 1. The minimum atomic E-state index is -1.18. The van der Waals surface area contributed by atoms with E-state index in [2.05, 4.69) is 15.5 Å². The molecule has 1 aromatic heterocycles. The Bertz CT molecular complexity index is 900. The summed E-state index contributed by atoms with van der Waals surface area (Å²) in [6.07, 6.45) is 1.49. The summed E-state index contributed by atoms with van der Waals surface area (Å²) in [6, 6.07) is 6.42. The number of rotatable bonds is 4. The first-order chi connectivity index (χ1) is 12.3. The van der Waals surface area contributed by atoms with Crippen LogP contribution < -0.4 is 10.1 Å². The minimum absolute atomic E-state index is 0.442. The summed E-state index contributed by atoms with van der Waals surface area (Å²) in [4.78, 5) is 25.2. The van der Waals surface area contributed by atoms with Crippen molar-refractivity contribution >= 4 is 18.2 Å². The molecule has 8 heteroatoms. The Morgan fingerprint density at radius 2 is 1.88 bits per heavy atom. The van der Waals surface area contributed by atoms with E-state index in [0.29, 0.717) is 11.3 Å². The number of carbonyl (C=O) groups is 2. The molecular formula is C18H21N5O3. The lowest BCUT2D eigenvalue weighted by Gasteiger charge is -2.21. The highest BCUT2D eigenvalue weighted by Crippen LogP contribution is 2.30. The molecule has 0 radical (unpaired) electrons. The third-order valence-electron chi connectivity index (χ3n) is 4.70. The molecule has 3 amide bonds. The molecule has 1 aromatic carbocycles. The first kappa shape index (κ1) is 17.7. The van der Waals surface area contributed by atoms with Crippen LogP contribution in [0, 0.1) is 13.8 Å². The number of amides is 3. The van der Waals surface area contributed by atoms with Gasteiger partial charge in [0.25, 0.3) is 5.91 Å². The molecule has 1 aliphatic rings. The van der Waals surface area contributed by atoms with Crippen molar-refractivity contribution in [3.05, 3.63) is 46.8 Å². The van der Waals surface area contributed by atoms with E-state index < -0.39 is 17.5 Å². The van der Waals surface area contributed by atoms with Crippen LogP contribution in [0.15, 0.2) is 29.4 Å². The molecule has 0 aliphatic carbocycles. The number of hydrogen-bond acceptors (Lipinski definition) is 5. The van der Waals surface area contributed by atoms with Gasteiger partial charge < -0.3 is 10.1 Å². The summed E-state index contributed by atoms with van der Waals surface area (Å²) in [6.45, 7) is 5.40. The summed E-state index contributed by atoms with van der Waals surface area (Å²) in [5.74, 6) is 0.231. The van der Waals surface area contributed by atoms with Crippen LogP contribution in [-0.2, 0) is 17.4 Å². The highest BCUT2D eigenvalue weighted by Gasteiger charge is 2.49. The zero-order valence-electron chi connectivity index (χ0n) is 15.4. The van der Waals surface area contributed by atoms with Crippen LogP contribution in [0.5, 0.6) is 5.75 Å². The summed E-state index contributed by atoms with van der Waals surface area (Å²) in [5, 5.41) is 12.0. The maximum Gasteiger partial charge on any atom is 0.346 e. The second kappa shape index (κ2) is 6.29. The maximum atomic E-state index is 12.9. The molecule has 1 fully saturated rings. The average Bonchev–Trinajstić information content (AvgIpc) is 2.99. The van der Waals surface area contributed by atoms with Crippen molar-refractivity contribution in [1.29, 1.82) is 0 Å². The fourth-order valence-electron chi connectivity index (χ4n) is 2.94. The number of urea groups is 1. The topological polar surface area (TPSA) is 88.8 Å². The second-order valence-corrected chi connectivity index (χ2v) is 6.35. The van der Waals surface area contributed by atoms with Gasteiger partial charge in [0.2, 0.25) is 0 Å². The number of aryl methyl sites for hydroxylation is 2. The first-order valence-corrected chi connectivity index (χ1v) is 8.13. The Morgan fingerprint density at radius 3 is 2.42 bits per heavy atom. The molecule has 1 atom stereocenters. The lowest BCUT2D eigenvalue weighted by atomic mass is 9.92. The van der Waals surface area contributed by atoms with E-state index in [9.17, 15) is 9.59 Å². The first-order valence-electron chi connectivity index (χ1n) is 8.13. The molecule has 0 unspecified atom stereocenters. The molecule has 0 spiro atoms. The van der Waals surface area contributed by atoms with E-state index >= 15 is 0 Å². The van der Waals surface area contributed by atoms with E-state index in [1.165, 1.54) is 6.21 Å². The number of benzene rings is 1. The van der Waals surface area contributed by atoms with Gasteiger partial charge in [0, 0.05) is 18.3 Å². The third-order valence-corrected chi connectivity index (χ3v) is 4.70. The molecule has 26 heavy (non-hydrogen) atoms. The molecule has 2 aromatic rings. The van der Waals surface area contributed by atoms with Gasteiger partial charge in [-0.3, -0.25) is 9.48 Å². The van der Waals surface area contributed by atoms with Crippen molar-refractivity contribution in [2.45, 2.75) is 26.3 Å². The number of aromatic nitrogens is 2. The van der Waals surface area contributed by atoms with E-state index in [1.54, 1.807) is 43.0 Å². The molecule has 1 saturated heterocycles. The average molecular weight is 355 g/mol. The van der Waals surface area contributed by atoms with Crippen LogP contribution in [0.1, 0.15) is 29.4 Å². The van der Waals surface area contributed by atoms with Crippen molar-refractivity contribution in [3.63, 3.8) is 0 Å². The highest BCUT2D eigenvalue weighted by molar-refractivity contribution is 6.07. The number of hydrazone groups is 1. The smallest absolute Gasteiger partial charge is 0.346 e. The van der Waals surface area contributed by atoms with Gasteiger partial charge in [-0.2, -0.15) is 10.2 Å². The van der Waals surface area contributed by atoms with Gasteiger partial charge >= 0.3 is 6.03 Å². The van der Waals surface area contributed by atoms with E-state index in [4.69, 9.17) is 4.74 Å². The number of hydrogen-bond donors (Lipinski definition) is 1. The van der Waals surface area contributed by atoms with Crippen LogP contribution in [0.3, 0.4) is 0 Å². The minimum Gasteiger partial charge on any atom is -0.497 e. The quantitative estimate of drug-likeness (QED) is 0.669. The van der Waals surface area contributed by atoms with Gasteiger partial charge in [-0.1, -0.05) is 12.1 Å². The molecule has 3 rings (SSSR count). The Labute approximate surface area is 151 Å². The number of nitrogens with zero attached hydrogens (tertiary/aromatic N) is 4. The van der Waals surface area contributed by atoms with Crippen LogP contribution in [0.2, 0.25) is 0 Å². The summed E-state index contributed by atoms with van der Waals surface area (Å²) >= 11 is 0. The summed E-state index contributed by atoms with van der Waals surface area (Å²) < 4.78 is 6.86. The number of imide groups is 1. The van der Waals surface area contributed by atoms with Gasteiger partial charge in [-0.05, 0) is 38.5 Å². The zero-order chi connectivity index (χ0) is 19.1. The van der Waals surface area contributed by atoms with E-state index in [0.717, 1.165) is 22.0 Å². The largest absolute Gasteiger partial charge is 0.497 e. The number of nitrogens with one attached hydrogen (secondary N) is 1. The van der Waals surface area contributed by atoms with Crippen LogP contribution in [-0.4, -0.2) is 40.1 Å². The van der Waals surface area contributed by atoms with Gasteiger partial charge in [0.05, 0.1) is 19.0 Å². The summed E-state index contributed by atoms with van der Waals surface area (Å²) in [7, 11) is 3.40. The third kappa shape index (κ3) is 2.73. The predicted molar refractivity (Wildman–Crippen MR) is 96.0 cm³/mol. The summed E-state index contributed by atoms with van der Waals surface area (Å²) in [5.41, 5.74) is 1.93. The molecule has 0 bridgehead atoms. The highest BCUT2D eigenvalue weighted by atomic mass is 16.5. The van der Waals surface area contributed by atoms with E-state index in [-0.39, 0.29) is 0 Å². The van der Waals surface area contributed by atoms with Gasteiger partial charge in [0.15, 0.2) is 0 Å². The molecule has 136 valence electrons. The number of carbonyl (C=O) groups excluding carboxylic acids is 2. The van der Waals surface area contributed by atoms with Gasteiger partial charge in [-0.25, -0.2) is 4.79 Å². The number of methoxy groups -OCH3 is 1. The Hall–Kier alpha value is -3.16. The standard InChI is InChI=1S/C18H21N5O3/c1-11-15(12(2)22(4)21-11)10-19-23-16(24)18(3,20-17(23)25)13-6-8-14(26-5)9-7-13/h6-10H,1-5H3,(H,20,25)/b19-10-/t18-/m1/s1. The molecule has 0 saturated carbocycles.